The molecule has 1 aromatic carbocycles. The first kappa shape index (κ1) is 10.5. The number of hydrogen-bond donors (Lipinski definition) is 1. The number of nitrogens with zero attached hydrogens (tertiary/aromatic N) is 1. The van der Waals surface area contributed by atoms with Crippen LogP contribution in [0.15, 0.2) is 18.2 Å². The molecule has 1 saturated heterocycles. The summed E-state index contributed by atoms with van der Waals surface area (Å²) >= 11 is 7.91. The number of benzene rings is 1. The van der Waals surface area contributed by atoms with Crippen LogP contribution in [0.4, 0.5) is 0 Å². The van der Waals surface area contributed by atoms with Crippen molar-refractivity contribution in [1.82, 2.24) is 10.3 Å². The van der Waals surface area contributed by atoms with E-state index in [1.54, 1.807) is 11.3 Å². The Bertz CT molecular complexity index is 523. The summed E-state index contributed by atoms with van der Waals surface area (Å²) in [6.45, 7) is 4.41. The quantitative estimate of drug-likeness (QED) is 0.843. The lowest BCUT2D eigenvalue weighted by molar-refractivity contribution is 0.570. The SMILES string of the molecule is CC1CNCC1c1nc2cccc(Cl)c2s1. The monoisotopic (exact) mass is 252 g/mol. The zero-order valence-electron chi connectivity index (χ0n) is 9.03. The third kappa shape index (κ3) is 1.63. The van der Waals surface area contributed by atoms with Crippen LogP contribution >= 0.6 is 22.9 Å². The normalized spacial score (nSPS) is 25.4. The molecule has 0 amide bonds. The topological polar surface area (TPSA) is 24.9 Å². The summed E-state index contributed by atoms with van der Waals surface area (Å²) < 4.78 is 1.12. The molecule has 2 nitrogen and oxygen atoms in total. The third-order valence-electron chi connectivity index (χ3n) is 3.22. The van der Waals surface area contributed by atoms with E-state index >= 15 is 0 Å². The highest BCUT2D eigenvalue weighted by atomic mass is 35.5. The van der Waals surface area contributed by atoms with Gasteiger partial charge in [0.1, 0.15) is 0 Å². The van der Waals surface area contributed by atoms with E-state index in [1.807, 2.05) is 18.2 Å². The zero-order valence-corrected chi connectivity index (χ0v) is 10.6. The van der Waals surface area contributed by atoms with Crippen LogP contribution in [-0.4, -0.2) is 18.1 Å². The maximum absolute atomic E-state index is 6.17. The van der Waals surface area contributed by atoms with Crippen molar-refractivity contribution in [2.24, 2.45) is 5.92 Å². The molecule has 1 aromatic heterocycles. The van der Waals surface area contributed by atoms with Gasteiger partial charge in [0.15, 0.2) is 0 Å². The predicted octanol–water partition coefficient (Wildman–Crippen LogP) is 3.27. The molecule has 2 heterocycles. The highest BCUT2D eigenvalue weighted by molar-refractivity contribution is 7.19. The van der Waals surface area contributed by atoms with Crippen LogP contribution in [-0.2, 0) is 0 Å². The summed E-state index contributed by atoms with van der Waals surface area (Å²) in [7, 11) is 0. The Kier molecular flexibility index (Phi) is 2.62. The minimum Gasteiger partial charge on any atom is -0.316 e. The summed E-state index contributed by atoms with van der Waals surface area (Å²) in [6.07, 6.45) is 0. The van der Waals surface area contributed by atoms with Gasteiger partial charge in [0.05, 0.1) is 20.2 Å². The third-order valence-corrected chi connectivity index (χ3v) is 4.88. The van der Waals surface area contributed by atoms with Crippen LogP contribution in [0.5, 0.6) is 0 Å². The average molecular weight is 253 g/mol. The highest BCUT2D eigenvalue weighted by Crippen LogP contribution is 2.36. The lowest BCUT2D eigenvalue weighted by Gasteiger charge is -2.09. The second-order valence-corrected chi connectivity index (χ2v) is 5.82. The number of halogens is 1. The molecule has 16 heavy (non-hydrogen) atoms. The Morgan fingerprint density at radius 2 is 2.31 bits per heavy atom. The Morgan fingerprint density at radius 3 is 3.00 bits per heavy atom. The Labute approximate surface area is 104 Å². The molecule has 0 radical (unpaired) electrons. The molecule has 1 fully saturated rings. The highest BCUT2D eigenvalue weighted by Gasteiger charge is 2.27. The van der Waals surface area contributed by atoms with Gasteiger partial charge in [-0.15, -0.1) is 11.3 Å². The second-order valence-electron chi connectivity index (χ2n) is 4.38. The first-order valence-electron chi connectivity index (χ1n) is 5.51. The molecular formula is C12H13ClN2S. The van der Waals surface area contributed by atoms with E-state index in [4.69, 9.17) is 16.6 Å². The molecule has 0 aliphatic carbocycles. The maximum Gasteiger partial charge on any atom is 0.0985 e. The lowest BCUT2D eigenvalue weighted by atomic mass is 9.99. The molecule has 2 aromatic rings. The smallest absolute Gasteiger partial charge is 0.0985 e. The van der Waals surface area contributed by atoms with Crippen LogP contribution in [0.25, 0.3) is 10.2 Å². The molecule has 4 heteroatoms. The first-order valence-corrected chi connectivity index (χ1v) is 6.71. The van der Waals surface area contributed by atoms with Gasteiger partial charge in [-0.25, -0.2) is 4.98 Å². The van der Waals surface area contributed by atoms with E-state index < -0.39 is 0 Å². The van der Waals surface area contributed by atoms with Crippen molar-refractivity contribution in [3.8, 4) is 0 Å². The second kappa shape index (κ2) is 3.99. The van der Waals surface area contributed by atoms with Crippen LogP contribution < -0.4 is 5.32 Å². The molecule has 1 aliphatic heterocycles. The Balaban J connectivity index is 2.08. The van der Waals surface area contributed by atoms with E-state index in [-0.39, 0.29) is 0 Å². The lowest BCUT2D eigenvalue weighted by Crippen LogP contribution is -2.07. The minimum atomic E-state index is 0.550. The van der Waals surface area contributed by atoms with E-state index in [1.165, 1.54) is 5.01 Å². The molecule has 0 saturated carbocycles. The number of thiazole rings is 1. The molecule has 84 valence electrons. The van der Waals surface area contributed by atoms with Crippen molar-refractivity contribution < 1.29 is 0 Å². The fourth-order valence-electron chi connectivity index (χ4n) is 2.23. The fourth-order valence-corrected chi connectivity index (χ4v) is 3.72. The van der Waals surface area contributed by atoms with Crippen molar-refractivity contribution >= 4 is 33.2 Å². The van der Waals surface area contributed by atoms with Crippen molar-refractivity contribution in [3.05, 3.63) is 28.2 Å². The standard InChI is InChI=1S/C12H13ClN2S/c1-7-5-14-6-8(7)12-15-10-4-2-3-9(13)11(10)16-12/h2-4,7-8,14H,5-6H2,1H3. The number of aromatic nitrogens is 1. The number of hydrogen-bond acceptors (Lipinski definition) is 3. The van der Waals surface area contributed by atoms with Gasteiger partial charge >= 0.3 is 0 Å². The van der Waals surface area contributed by atoms with Crippen molar-refractivity contribution in [2.45, 2.75) is 12.8 Å². The van der Waals surface area contributed by atoms with Gasteiger partial charge in [-0.05, 0) is 24.6 Å². The number of fused-ring (bicyclic) bond motifs is 1. The molecular weight excluding hydrogens is 240 g/mol. The van der Waals surface area contributed by atoms with E-state index in [0.29, 0.717) is 11.8 Å². The van der Waals surface area contributed by atoms with Crippen LogP contribution in [0.1, 0.15) is 17.8 Å². The van der Waals surface area contributed by atoms with Crippen molar-refractivity contribution in [1.29, 1.82) is 0 Å². The van der Waals surface area contributed by atoms with Gasteiger partial charge in [-0.3, -0.25) is 0 Å². The van der Waals surface area contributed by atoms with E-state index in [2.05, 4.69) is 12.2 Å². The van der Waals surface area contributed by atoms with E-state index in [0.717, 1.165) is 28.3 Å². The summed E-state index contributed by atoms with van der Waals surface area (Å²) in [6, 6.07) is 5.93. The number of rotatable bonds is 1. The summed E-state index contributed by atoms with van der Waals surface area (Å²) in [5.41, 5.74) is 1.03. The molecule has 2 atom stereocenters. The predicted molar refractivity (Wildman–Crippen MR) is 69.4 cm³/mol. The Morgan fingerprint density at radius 1 is 1.44 bits per heavy atom. The van der Waals surface area contributed by atoms with Crippen molar-refractivity contribution in [3.63, 3.8) is 0 Å². The Hall–Kier alpha value is -0.640. The molecule has 1 N–H and O–H groups in total. The fraction of sp³-hybridized carbons (Fsp3) is 0.417. The number of nitrogens with one attached hydrogen (secondary N) is 1. The van der Waals surface area contributed by atoms with Gasteiger partial charge in [0, 0.05) is 12.5 Å². The molecule has 2 unspecified atom stereocenters. The van der Waals surface area contributed by atoms with E-state index in [9.17, 15) is 0 Å². The summed E-state index contributed by atoms with van der Waals surface area (Å²) in [5.74, 6) is 1.22. The van der Waals surface area contributed by atoms with Gasteiger partial charge < -0.3 is 5.32 Å². The van der Waals surface area contributed by atoms with Crippen LogP contribution in [0.2, 0.25) is 5.02 Å². The van der Waals surface area contributed by atoms with Gasteiger partial charge in [-0.1, -0.05) is 24.6 Å². The van der Waals surface area contributed by atoms with Gasteiger partial charge in [-0.2, -0.15) is 0 Å². The minimum absolute atomic E-state index is 0.550. The zero-order chi connectivity index (χ0) is 11.1. The summed E-state index contributed by atoms with van der Waals surface area (Å²) in [5, 5.41) is 5.46. The van der Waals surface area contributed by atoms with Crippen LogP contribution in [0.3, 0.4) is 0 Å². The molecule has 0 spiro atoms. The first-order chi connectivity index (χ1) is 7.75. The van der Waals surface area contributed by atoms with Crippen LogP contribution in [0, 0.1) is 5.92 Å². The largest absolute Gasteiger partial charge is 0.316 e. The van der Waals surface area contributed by atoms with Gasteiger partial charge in [0.25, 0.3) is 0 Å². The maximum atomic E-state index is 6.17. The molecule has 3 rings (SSSR count). The van der Waals surface area contributed by atoms with Crippen molar-refractivity contribution in [2.75, 3.05) is 13.1 Å². The van der Waals surface area contributed by atoms with Gasteiger partial charge in [0.2, 0.25) is 0 Å². The molecule has 1 aliphatic rings. The molecule has 0 bridgehead atoms. The summed E-state index contributed by atoms with van der Waals surface area (Å²) in [4.78, 5) is 4.70. The average Bonchev–Trinajstić information content (AvgIpc) is 2.84.